The molecule has 0 heterocycles. The highest BCUT2D eigenvalue weighted by atomic mass is 32.2. The van der Waals surface area contributed by atoms with E-state index in [1.807, 2.05) is 0 Å². The van der Waals surface area contributed by atoms with Crippen LogP contribution >= 0.6 is 0 Å². The van der Waals surface area contributed by atoms with Crippen molar-refractivity contribution in [3.63, 3.8) is 0 Å². The number of amides is 1. The van der Waals surface area contributed by atoms with Crippen LogP contribution in [-0.4, -0.2) is 62.6 Å². The number of aliphatic carboxylic acids is 1. The van der Waals surface area contributed by atoms with E-state index in [4.69, 9.17) is 9.84 Å². The number of rotatable bonds is 9. The van der Waals surface area contributed by atoms with Crippen molar-refractivity contribution in [2.24, 2.45) is 0 Å². The minimum atomic E-state index is -3.72. The Labute approximate surface area is 147 Å². The van der Waals surface area contributed by atoms with Crippen LogP contribution in [0.2, 0.25) is 0 Å². The number of hydrogen-bond acceptors (Lipinski definition) is 5. The molecule has 2 N–H and O–H groups in total. The normalized spacial score (nSPS) is 12.8. The molecule has 0 aliphatic carbocycles. The molecule has 1 unspecified atom stereocenters. The molecule has 0 radical (unpaired) electrons. The number of benzene rings is 1. The minimum Gasteiger partial charge on any atom is -0.480 e. The van der Waals surface area contributed by atoms with Crippen LogP contribution in [0.3, 0.4) is 0 Å². The quantitative estimate of drug-likeness (QED) is 0.665. The third-order valence-electron chi connectivity index (χ3n) is 3.73. The molecule has 1 aromatic carbocycles. The van der Waals surface area contributed by atoms with Crippen molar-refractivity contribution in [3.05, 3.63) is 29.3 Å². The molecule has 25 heavy (non-hydrogen) atoms. The van der Waals surface area contributed by atoms with Crippen LogP contribution in [0.5, 0.6) is 0 Å². The molecule has 9 heteroatoms. The summed E-state index contributed by atoms with van der Waals surface area (Å²) in [7, 11) is -2.39. The maximum absolute atomic E-state index is 12.6. The van der Waals surface area contributed by atoms with Crippen LogP contribution in [0.4, 0.5) is 0 Å². The van der Waals surface area contributed by atoms with Crippen LogP contribution in [-0.2, 0) is 19.6 Å². The van der Waals surface area contributed by atoms with Gasteiger partial charge in [-0.05, 0) is 24.6 Å². The van der Waals surface area contributed by atoms with E-state index < -0.39 is 27.9 Å². The van der Waals surface area contributed by atoms with E-state index in [1.54, 1.807) is 20.8 Å². The molecule has 0 aliphatic rings. The summed E-state index contributed by atoms with van der Waals surface area (Å²) in [6, 6.07) is 3.00. The number of carboxylic acid groups (broad SMARTS) is 1. The molecule has 0 aromatic heterocycles. The largest absolute Gasteiger partial charge is 0.480 e. The highest BCUT2D eigenvalue weighted by Crippen LogP contribution is 2.19. The highest BCUT2D eigenvalue weighted by Gasteiger charge is 2.25. The van der Waals surface area contributed by atoms with Crippen molar-refractivity contribution in [2.45, 2.75) is 31.7 Å². The number of sulfonamides is 1. The number of carbonyl (C=O) groups excluding carboxylic acids is 1. The first kappa shape index (κ1) is 21.1. The molecule has 0 spiro atoms. The lowest BCUT2D eigenvalue weighted by atomic mass is 10.1. The Hall–Kier alpha value is -1.97. The molecule has 0 saturated heterocycles. The van der Waals surface area contributed by atoms with Gasteiger partial charge in [0, 0.05) is 25.8 Å². The predicted octanol–water partition coefficient (Wildman–Crippen LogP) is 0.855. The third kappa shape index (κ3) is 5.00. The van der Waals surface area contributed by atoms with E-state index in [0.29, 0.717) is 18.7 Å². The van der Waals surface area contributed by atoms with Gasteiger partial charge < -0.3 is 15.2 Å². The summed E-state index contributed by atoms with van der Waals surface area (Å²) in [6.07, 6.45) is 0. The standard InChI is InChI=1S/C16H24N2O6S/c1-5-18(6-2)25(22,23)12-8-7-11(3)13(9-12)15(19)17-14(10-24-4)16(20)21/h7-9,14H,5-6,10H2,1-4H3,(H,17,19)(H,20,21). The molecule has 8 nitrogen and oxygen atoms in total. The van der Waals surface area contributed by atoms with E-state index in [2.05, 4.69) is 5.32 Å². The van der Waals surface area contributed by atoms with Crippen LogP contribution < -0.4 is 5.32 Å². The van der Waals surface area contributed by atoms with Crippen molar-refractivity contribution >= 4 is 21.9 Å². The third-order valence-corrected chi connectivity index (χ3v) is 5.78. The number of ether oxygens (including phenoxy) is 1. The second kappa shape index (κ2) is 8.93. The number of carbonyl (C=O) groups is 2. The van der Waals surface area contributed by atoms with Crippen molar-refractivity contribution in [1.29, 1.82) is 0 Å². The van der Waals surface area contributed by atoms with Gasteiger partial charge in [-0.25, -0.2) is 13.2 Å². The summed E-state index contributed by atoms with van der Waals surface area (Å²) in [5.41, 5.74) is 0.646. The number of carboxylic acids is 1. The van der Waals surface area contributed by atoms with Crippen LogP contribution in [0.15, 0.2) is 23.1 Å². The maximum Gasteiger partial charge on any atom is 0.328 e. The number of nitrogens with one attached hydrogen (secondary N) is 1. The van der Waals surface area contributed by atoms with Gasteiger partial charge in [-0.2, -0.15) is 4.31 Å². The summed E-state index contributed by atoms with van der Waals surface area (Å²) in [5.74, 6) is -1.90. The molecule has 0 aliphatic heterocycles. The van der Waals surface area contributed by atoms with Crippen molar-refractivity contribution in [1.82, 2.24) is 9.62 Å². The second-order valence-corrected chi connectivity index (χ2v) is 7.32. The maximum atomic E-state index is 12.6. The lowest BCUT2D eigenvalue weighted by Crippen LogP contribution is -2.44. The van der Waals surface area contributed by atoms with Crippen LogP contribution in [0.25, 0.3) is 0 Å². The monoisotopic (exact) mass is 372 g/mol. The summed E-state index contributed by atoms with van der Waals surface area (Å²) < 4.78 is 31.2. The van der Waals surface area contributed by atoms with Gasteiger partial charge in [0.15, 0.2) is 6.04 Å². The van der Waals surface area contributed by atoms with E-state index in [9.17, 15) is 18.0 Å². The van der Waals surface area contributed by atoms with Gasteiger partial charge in [-0.15, -0.1) is 0 Å². The van der Waals surface area contributed by atoms with E-state index in [1.165, 1.54) is 29.6 Å². The smallest absolute Gasteiger partial charge is 0.328 e. The first-order chi connectivity index (χ1) is 11.7. The molecule has 1 amide bonds. The number of hydrogen-bond donors (Lipinski definition) is 2. The average molecular weight is 372 g/mol. The molecular formula is C16H24N2O6S. The van der Waals surface area contributed by atoms with Gasteiger partial charge in [0.25, 0.3) is 5.91 Å². The fourth-order valence-electron chi connectivity index (χ4n) is 2.30. The second-order valence-electron chi connectivity index (χ2n) is 5.39. The van der Waals surface area contributed by atoms with Gasteiger partial charge in [-0.3, -0.25) is 4.79 Å². The minimum absolute atomic E-state index is 0.00873. The van der Waals surface area contributed by atoms with Gasteiger partial charge in [-0.1, -0.05) is 19.9 Å². The Morgan fingerprint density at radius 1 is 1.28 bits per heavy atom. The van der Waals surface area contributed by atoms with Crippen LogP contribution in [0, 0.1) is 6.92 Å². The number of nitrogens with zero attached hydrogens (tertiary/aromatic N) is 1. The Morgan fingerprint density at radius 2 is 1.88 bits per heavy atom. The lowest BCUT2D eigenvalue weighted by molar-refractivity contribution is -0.140. The molecule has 0 bridgehead atoms. The average Bonchev–Trinajstić information content (AvgIpc) is 2.55. The van der Waals surface area contributed by atoms with Gasteiger partial charge >= 0.3 is 5.97 Å². The fraction of sp³-hybridized carbons (Fsp3) is 0.500. The van der Waals surface area contributed by atoms with E-state index in [0.717, 1.165) is 0 Å². The zero-order valence-electron chi connectivity index (χ0n) is 14.8. The molecule has 140 valence electrons. The zero-order valence-corrected chi connectivity index (χ0v) is 15.6. The molecule has 0 saturated carbocycles. The predicted molar refractivity (Wildman–Crippen MR) is 92.1 cm³/mol. The van der Waals surface area contributed by atoms with Gasteiger partial charge in [0.2, 0.25) is 10.0 Å². The van der Waals surface area contributed by atoms with Crippen LogP contribution in [0.1, 0.15) is 29.8 Å². The Balaban J connectivity index is 3.21. The van der Waals surface area contributed by atoms with Gasteiger partial charge in [0.1, 0.15) is 0 Å². The van der Waals surface area contributed by atoms with E-state index in [-0.39, 0.29) is 17.1 Å². The lowest BCUT2D eigenvalue weighted by Gasteiger charge is -2.19. The fourth-order valence-corrected chi connectivity index (χ4v) is 3.78. The number of aryl methyl sites for hydroxylation is 1. The van der Waals surface area contributed by atoms with Gasteiger partial charge in [0.05, 0.1) is 11.5 Å². The summed E-state index contributed by atoms with van der Waals surface area (Å²) in [5, 5.41) is 11.4. The van der Waals surface area contributed by atoms with Crippen molar-refractivity contribution in [3.8, 4) is 0 Å². The van der Waals surface area contributed by atoms with Crippen molar-refractivity contribution in [2.75, 3.05) is 26.8 Å². The SMILES string of the molecule is CCN(CC)S(=O)(=O)c1ccc(C)c(C(=O)NC(COC)C(=O)O)c1. The first-order valence-electron chi connectivity index (χ1n) is 7.82. The number of methoxy groups -OCH3 is 1. The Kier molecular flexibility index (Phi) is 7.53. The Bertz CT molecular complexity index is 728. The highest BCUT2D eigenvalue weighted by molar-refractivity contribution is 7.89. The topological polar surface area (TPSA) is 113 Å². The summed E-state index contributed by atoms with van der Waals surface area (Å²) >= 11 is 0. The Morgan fingerprint density at radius 3 is 2.36 bits per heavy atom. The molecule has 1 aromatic rings. The summed E-state index contributed by atoms with van der Waals surface area (Å²) in [4.78, 5) is 23.5. The molecular weight excluding hydrogens is 348 g/mol. The summed E-state index contributed by atoms with van der Waals surface area (Å²) in [6.45, 7) is 5.52. The molecule has 0 fully saturated rings. The molecule has 1 rings (SSSR count). The zero-order chi connectivity index (χ0) is 19.2. The van der Waals surface area contributed by atoms with E-state index >= 15 is 0 Å². The molecule has 1 atom stereocenters. The van der Waals surface area contributed by atoms with Crippen molar-refractivity contribution < 1.29 is 27.9 Å². The first-order valence-corrected chi connectivity index (χ1v) is 9.26.